The summed E-state index contributed by atoms with van der Waals surface area (Å²) in [5.74, 6) is -0.278. The minimum atomic E-state index is -1.05. The highest BCUT2D eigenvalue weighted by Gasteiger charge is 2.13. The highest BCUT2D eigenvalue weighted by atomic mass is 32.1. The van der Waals surface area contributed by atoms with E-state index in [1.165, 1.54) is 53.8 Å². The van der Waals surface area contributed by atoms with Gasteiger partial charge in [0.25, 0.3) is 0 Å². The Morgan fingerprint density at radius 2 is 1.00 bits per heavy atom. The van der Waals surface area contributed by atoms with E-state index in [0.717, 1.165) is 11.5 Å². The number of hydrogen-bond donors (Lipinski definition) is 0. The molecule has 10 heteroatoms. The molecule has 0 aliphatic carbocycles. The van der Waals surface area contributed by atoms with Crippen LogP contribution in [0.25, 0.3) is 40.7 Å². The van der Waals surface area contributed by atoms with Crippen molar-refractivity contribution in [3.8, 4) is 35.8 Å². The molecule has 0 bridgehead atoms. The first kappa shape index (κ1) is 26.1. The summed E-state index contributed by atoms with van der Waals surface area (Å²) in [4.78, 5) is 0. The summed E-state index contributed by atoms with van der Waals surface area (Å²) in [6, 6.07) is 19.5. The molecular weight excluding hydrogens is 526 g/mol. The molecule has 6 nitrogen and oxygen atoms in total. The minimum Gasteiger partial charge on any atom is -0.497 e. The first-order valence-electron chi connectivity index (χ1n) is 10.7. The number of rotatable bonds is 2. The monoisotopic (exact) mass is 540 g/mol. The van der Waals surface area contributed by atoms with Crippen LogP contribution in [0, 0.1) is 57.0 Å². The van der Waals surface area contributed by atoms with Crippen molar-refractivity contribution in [1.82, 2.24) is 0 Å². The Hall–Kier alpha value is -5.00. The number of methoxy groups -OCH3 is 2. The number of hydrogen-bond acceptors (Lipinski definition) is 8. The lowest BCUT2D eigenvalue weighted by molar-refractivity contribution is 0.415. The van der Waals surface area contributed by atoms with Crippen molar-refractivity contribution in [2.75, 3.05) is 14.2 Å². The molecule has 0 spiro atoms. The molecule has 184 valence electrons. The summed E-state index contributed by atoms with van der Waals surface area (Å²) < 4.78 is 43.1. The summed E-state index contributed by atoms with van der Waals surface area (Å²) in [5, 5.41) is 35.8. The highest BCUT2D eigenvalue weighted by molar-refractivity contribution is 7.36. The fourth-order valence-corrected chi connectivity index (χ4v) is 6.29. The molecule has 2 aromatic heterocycles. The predicted octanol–water partition coefficient (Wildman–Crippen LogP) is 5.65. The quantitative estimate of drug-likeness (QED) is 0.286. The number of fused-ring (bicyclic) bond motifs is 5. The van der Waals surface area contributed by atoms with Gasteiger partial charge < -0.3 is 9.47 Å². The largest absolute Gasteiger partial charge is 0.497 e. The van der Waals surface area contributed by atoms with Gasteiger partial charge in [-0.05, 0) is 48.5 Å². The molecule has 5 rings (SSSR count). The fourth-order valence-electron chi connectivity index (χ4n) is 3.69. The van der Waals surface area contributed by atoms with E-state index in [0.29, 0.717) is 12.1 Å². The lowest BCUT2D eigenvalue weighted by Gasteiger charge is -1.98. The van der Waals surface area contributed by atoms with Crippen molar-refractivity contribution in [3.05, 3.63) is 70.6 Å². The maximum absolute atomic E-state index is 13.6. The molecule has 0 aliphatic rings. The predicted molar refractivity (Wildman–Crippen MR) is 143 cm³/mol. The molecule has 38 heavy (non-hydrogen) atoms. The van der Waals surface area contributed by atoms with Crippen LogP contribution in [0.5, 0.6) is 11.5 Å². The lowest BCUT2D eigenvalue weighted by atomic mass is 10.1. The van der Waals surface area contributed by atoms with Crippen LogP contribution in [0.3, 0.4) is 0 Å². The van der Waals surface area contributed by atoms with Gasteiger partial charge in [0.05, 0.1) is 23.6 Å². The second kappa shape index (κ2) is 10.9. The van der Waals surface area contributed by atoms with E-state index in [-0.39, 0.29) is 0 Å². The average molecular weight is 541 g/mol. The Morgan fingerprint density at radius 1 is 0.632 bits per heavy atom. The van der Waals surface area contributed by atoms with E-state index in [9.17, 15) is 8.78 Å². The molecule has 0 saturated heterocycles. The number of nitriles is 4. The molecule has 0 saturated carbocycles. The van der Waals surface area contributed by atoms with Crippen molar-refractivity contribution in [3.63, 3.8) is 0 Å². The van der Waals surface area contributed by atoms with E-state index >= 15 is 0 Å². The summed E-state index contributed by atoms with van der Waals surface area (Å²) in [6.07, 6.45) is 0. The van der Waals surface area contributed by atoms with Crippen LogP contribution in [0.4, 0.5) is 8.78 Å². The number of benzene rings is 3. The van der Waals surface area contributed by atoms with Crippen LogP contribution in [0.2, 0.25) is 0 Å². The maximum Gasteiger partial charge on any atom is 0.139 e. The van der Waals surface area contributed by atoms with Crippen LogP contribution in [-0.2, 0) is 0 Å². The van der Waals surface area contributed by atoms with Crippen LogP contribution in [-0.4, -0.2) is 14.2 Å². The molecule has 2 heterocycles. The zero-order valence-electron chi connectivity index (χ0n) is 19.8. The fraction of sp³-hybridized carbons (Fsp3) is 0.0714. The third kappa shape index (κ3) is 4.71. The summed E-state index contributed by atoms with van der Waals surface area (Å²) >= 11 is 3.67. The first-order chi connectivity index (χ1) is 18.4. The van der Waals surface area contributed by atoms with Gasteiger partial charge in [-0.1, -0.05) is 0 Å². The molecule has 5 aromatic rings. The summed E-state index contributed by atoms with van der Waals surface area (Å²) in [6.45, 7) is 0. The molecule has 0 fully saturated rings. The Bertz CT molecular complexity index is 1850. The van der Waals surface area contributed by atoms with Crippen molar-refractivity contribution in [2.24, 2.45) is 0 Å². The molecular formula is C28H14F2N4O2S2. The van der Waals surface area contributed by atoms with Gasteiger partial charge in [-0.25, -0.2) is 8.78 Å². The van der Waals surface area contributed by atoms with Crippen molar-refractivity contribution < 1.29 is 18.3 Å². The molecule has 0 amide bonds. The third-order valence-electron chi connectivity index (χ3n) is 5.54. The highest BCUT2D eigenvalue weighted by Crippen LogP contribution is 2.45. The standard InChI is InChI=1S/C16H12O2S2.C12H2F2N4/c1-17-9-3-5-13-11(7-9)15-16(19-13)12-8-10(18-2)4-6-14(12)20-15;13-11-1-9(7(3-15)4-16)12(14)2-10(11)8(5-17)6-18/h3-8H,1-2H3;1-2H. The molecule has 3 aromatic carbocycles. The third-order valence-corrected chi connectivity index (χ3v) is 8.07. The Balaban J connectivity index is 0.000000179. The SMILES string of the molecule is COc1ccc2sc3c4cc(OC)ccc4sc3c2c1.N#CC(C#N)=c1cc(F)c(=C(C#N)C#N)cc1F. The van der Waals surface area contributed by atoms with Gasteiger partial charge in [0.15, 0.2) is 0 Å². The summed E-state index contributed by atoms with van der Waals surface area (Å²) in [7, 11) is 3.42. The van der Waals surface area contributed by atoms with Gasteiger partial charge in [-0.15, -0.1) is 22.7 Å². The second-order valence-electron chi connectivity index (χ2n) is 7.60. The number of nitrogens with zero attached hydrogens (tertiary/aromatic N) is 4. The van der Waals surface area contributed by atoms with Gasteiger partial charge in [0, 0.05) is 30.6 Å². The van der Waals surface area contributed by atoms with Gasteiger partial charge in [-0.3, -0.25) is 0 Å². The molecule has 0 radical (unpaired) electrons. The van der Waals surface area contributed by atoms with E-state index in [1.54, 1.807) is 14.2 Å². The molecule has 0 N–H and O–H groups in total. The number of ether oxygens (including phenoxy) is 2. The van der Waals surface area contributed by atoms with Crippen LogP contribution in [0.15, 0.2) is 48.5 Å². The van der Waals surface area contributed by atoms with E-state index in [1.807, 2.05) is 34.8 Å². The van der Waals surface area contributed by atoms with E-state index in [2.05, 4.69) is 24.3 Å². The first-order valence-corrected chi connectivity index (χ1v) is 12.3. The Labute approximate surface area is 222 Å². The lowest BCUT2D eigenvalue weighted by Crippen LogP contribution is -2.21. The van der Waals surface area contributed by atoms with Crippen molar-refractivity contribution >= 4 is 63.4 Å². The van der Waals surface area contributed by atoms with Gasteiger partial charge in [0.2, 0.25) is 0 Å². The van der Waals surface area contributed by atoms with Crippen LogP contribution >= 0.6 is 22.7 Å². The van der Waals surface area contributed by atoms with Gasteiger partial charge in [-0.2, -0.15) is 21.0 Å². The summed E-state index contributed by atoms with van der Waals surface area (Å²) in [5.41, 5.74) is -1.18. The van der Waals surface area contributed by atoms with E-state index in [4.69, 9.17) is 30.5 Å². The molecule has 0 atom stereocenters. The average Bonchev–Trinajstić information content (AvgIpc) is 3.48. The van der Waals surface area contributed by atoms with Crippen molar-refractivity contribution in [2.45, 2.75) is 0 Å². The Morgan fingerprint density at radius 3 is 1.32 bits per heavy atom. The van der Waals surface area contributed by atoms with Crippen LogP contribution in [0.1, 0.15) is 0 Å². The zero-order chi connectivity index (χ0) is 27.4. The van der Waals surface area contributed by atoms with Gasteiger partial charge >= 0.3 is 0 Å². The van der Waals surface area contributed by atoms with Crippen LogP contribution < -0.4 is 19.9 Å². The maximum atomic E-state index is 13.6. The Kier molecular flexibility index (Phi) is 7.51. The topological polar surface area (TPSA) is 114 Å². The number of thiophene rings is 2. The zero-order valence-corrected chi connectivity index (χ0v) is 21.4. The van der Waals surface area contributed by atoms with E-state index < -0.39 is 33.2 Å². The second-order valence-corrected chi connectivity index (χ2v) is 9.70. The smallest absolute Gasteiger partial charge is 0.139 e. The normalized spacial score (nSPS) is 10.0. The minimum absolute atomic E-state index is 0.503. The molecule has 0 aliphatic heterocycles. The van der Waals surface area contributed by atoms with Crippen molar-refractivity contribution in [1.29, 1.82) is 21.0 Å². The number of halogens is 2. The van der Waals surface area contributed by atoms with Gasteiger partial charge in [0.1, 0.15) is 58.6 Å². The molecule has 0 unspecified atom stereocenters.